The summed E-state index contributed by atoms with van der Waals surface area (Å²) in [5, 5.41) is 8.49. The van der Waals surface area contributed by atoms with Gasteiger partial charge in [0.05, 0.1) is 6.04 Å². The first-order valence-corrected chi connectivity index (χ1v) is 4.67. The van der Waals surface area contributed by atoms with Crippen molar-refractivity contribution in [1.82, 2.24) is 0 Å². The maximum absolute atomic E-state index is 13.2. The number of hydrogen-bond donors (Lipinski definition) is 2. The third-order valence-corrected chi connectivity index (χ3v) is 2.27. The van der Waals surface area contributed by atoms with Crippen molar-refractivity contribution < 1.29 is 27.1 Å². The van der Waals surface area contributed by atoms with Gasteiger partial charge in [-0.2, -0.15) is 13.2 Å². The van der Waals surface area contributed by atoms with Gasteiger partial charge in [-0.3, -0.25) is 0 Å². The lowest BCUT2D eigenvalue weighted by Crippen LogP contribution is -2.39. The molecule has 0 saturated carbocycles. The topological polar surface area (TPSA) is 46.2 Å². The Morgan fingerprint density at radius 2 is 1.59 bits per heavy atom. The Hall–Kier alpha value is -0.920. The van der Waals surface area contributed by atoms with Gasteiger partial charge in [-0.15, -0.1) is 0 Å². The van der Waals surface area contributed by atoms with Crippen LogP contribution in [0.5, 0.6) is 0 Å². The van der Waals surface area contributed by atoms with Gasteiger partial charge in [0, 0.05) is 10.6 Å². The molecule has 0 heterocycles. The van der Waals surface area contributed by atoms with E-state index >= 15 is 0 Å². The van der Waals surface area contributed by atoms with Crippen LogP contribution in [0, 0.1) is 11.6 Å². The molecule has 0 spiro atoms. The zero-order chi connectivity index (χ0) is 13.4. The van der Waals surface area contributed by atoms with Crippen molar-refractivity contribution in [3.63, 3.8) is 0 Å². The minimum absolute atomic E-state index is 0.322. The molecule has 8 heteroatoms. The van der Waals surface area contributed by atoms with E-state index in [-0.39, 0.29) is 5.02 Å². The van der Waals surface area contributed by atoms with E-state index in [1.807, 2.05) is 0 Å². The van der Waals surface area contributed by atoms with E-state index in [0.29, 0.717) is 12.1 Å². The molecule has 0 bridgehead atoms. The van der Waals surface area contributed by atoms with E-state index in [9.17, 15) is 22.0 Å². The van der Waals surface area contributed by atoms with Crippen LogP contribution in [0.25, 0.3) is 0 Å². The van der Waals surface area contributed by atoms with E-state index in [1.165, 1.54) is 0 Å². The molecule has 2 atom stereocenters. The van der Waals surface area contributed by atoms with Crippen molar-refractivity contribution >= 4 is 11.6 Å². The van der Waals surface area contributed by atoms with E-state index in [1.54, 1.807) is 0 Å². The molecule has 0 aromatic heterocycles. The van der Waals surface area contributed by atoms with Gasteiger partial charge in [-0.05, 0) is 12.1 Å². The molecule has 0 aliphatic heterocycles. The molecule has 0 amide bonds. The standard InChI is InChI=1S/C9H7ClF5NO/c10-3-1-4(11)6(5(12)2-3)7(16)8(17)9(13,14)15/h1-2,7-8,17H,16H2/t7-,8-/m0/s1. The summed E-state index contributed by atoms with van der Waals surface area (Å²) in [5.41, 5.74) is 3.93. The number of benzene rings is 1. The van der Waals surface area contributed by atoms with Crippen LogP contribution in [0.15, 0.2) is 12.1 Å². The second-order valence-corrected chi connectivity index (χ2v) is 3.73. The molecule has 2 nitrogen and oxygen atoms in total. The van der Waals surface area contributed by atoms with Crippen molar-refractivity contribution in [2.45, 2.75) is 18.3 Å². The monoisotopic (exact) mass is 275 g/mol. The molecule has 0 unspecified atom stereocenters. The lowest BCUT2D eigenvalue weighted by molar-refractivity contribution is -0.210. The fourth-order valence-electron chi connectivity index (χ4n) is 1.23. The molecule has 0 fully saturated rings. The van der Waals surface area contributed by atoms with Crippen LogP contribution in [0.3, 0.4) is 0 Å². The Bertz CT molecular complexity index is 399. The van der Waals surface area contributed by atoms with Gasteiger partial charge >= 0.3 is 6.18 Å². The first kappa shape index (κ1) is 14.1. The highest BCUT2D eigenvalue weighted by atomic mass is 35.5. The van der Waals surface area contributed by atoms with Crippen molar-refractivity contribution in [2.24, 2.45) is 5.73 Å². The lowest BCUT2D eigenvalue weighted by atomic mass is 10.0. The summed E-state index contributed by atoms with van der Waals surface area (Å²) < 4.78 is 62.8. The average molecular weight is 276 g/mol. The predicted octanol–water partition coefficient (Wildman–Crippen LogP) is 2.54. The Morgan fingerprint density at radius 1 is 1.18 bits per heavy atom. The second kappa shape index (κ2) is 4.75. The summed E-state index contributed by atoms with van der Waals surface area (Å²) in [7, 11) is 0. The number of aliphatic hydroxyl groups excluding tert-OH is 1. The van der Waals surface area contributed by atoms with Gasteiger partial charge in [0.25, 0.3) is 0 Å². The largest absolute Gasteiger partial charge is 0.416 e. The van der Waals surface area contributed by atoms with Crippen LogP contribution in [-0.2, 0) is 0 Å². The van der Waals surface area contributed by atoms with E-state index < -0.39 is 35.5 Å². The Kier molecular flexibility index (Phi) is 3.95. The highest BCUT2D eigenvalue weighted by Crippen LogP contribution is 2.32. The van der Waals surface area contributed by atoms with Gasteiger partial charge in [-0.25, -0.2) is 8.78 Å². The number of halogens is 6. The fourth-order valence-corrected chi connectivity index (χ4v) is 1.42. The van der Waals surface area contributed by atoms with Crippen LogP contribution in [0.4, 0.5) is 22.0 Å². The maximum Gasteiger partial charge on any atom is 0.416 e. The number of alkyl halides is 3. The van der Waals surface area contributed by atoms with Gasteiger partial charge < -0.3 is 10.8 Å². The third-order valence-electron chi connectivity index (χ3n) is 2.05. The molecule has 3 N–H and O–H groups in total. The van der Waals surface area contributed by atoms with Crippen LogP contribution in [0.2, 0.25) is 5.02 Å². The molecule has 1 aromatic rings. The molecule has 0 aliphatic carbocycles. The molecule has 0 aliphatic rings. The smallest absolute Gasteiger partial charge is 0.382 e. The quantitative estimate of drug-likeness (QED) is 0.815. The van der Waals surface area contributed by atoms with E-state index in [4.69, 9.17) is 22.4 Å². The third kappa shape index (κ3) is 3.05. The van der Waals surface area contributed by atoms with Crippen molar-refractivity contribution in [3.8, 4) is 0 Å². The van der Waals surface area contributed by atoms with Crippen LogP contribution < -0.4 is 5.73 Å². The highest BCUT2D eigenvalue weighted by Gasteiger charge is 2.44. The summed E-state index contributed by atoms with van der Waals surface area (Å²) >= 11 is 5.29. The van der Waals surface area contributed by atoms with Gasteiger partial charge in [0.1, 0.15) is 11.6 Å². The zero-order valence-electron chi connectivity index (χ0n) is 8.10. The summed E-state index contributed by atoms with van der Waals surface area (Å²) in [6.45, 7) is 0. The fraction of sp³-hybridized carbons (Fsp3) is 0.333. The first-order chi connectivity index (χ1) is 7.64. The lowest BCUT2D eigenvalue weighted by Gasteiger charge is -2.22. The first-order valence-electron chi connectivity index (χ1n) is 4.29. The van der Waals surface area contributed by atoms with Crippen LogP contribution >= 0.6 is 11.6 Å². The SMILES string of the molecule is N[C@@H](c1c(F)cc(Cl)cc1F)[C@H](O)C(F)(F)F. The Morgan fingerprint density at radius 3 is 1.94 bits per heavy atom. The van der Waals surface area contributed by atoms with Crippen molar-refractivity contribution in [1.29, 1.82) is 0 Å². The zero-order valence-corrected chi connectivity index (χ0v) is 8.86. The Labute approximate surface area is 97.8 Å². The maximum atomic E-state index is 13.2. The molecule has 1 rings (SSSR count). The van der Waals surface area contributed by atoms with E-state index in [0.717, 1.165) is 0 Å². The highest BCUT2D eigenvalue weighted by molar-refractivity contribution is 6.30. The normalized spacial score (nSPS) is 15.8. The molecule has 96 valence electrons. The molecular weight excluding hydrogens is 269 g/mol. The Balaban J connectivity index is 3.17. The minimum Gasteiger partial charge on any atom is -0.382 e. The van der Waals surface area contributed by atoms with Gasteiger partial charge in [0.2, 0.25) is 0 Å². The number of aliphatic hydroxyl groups is 1. The van der Waals surface area contributed by atoms with Gasteiger partial charge in [0.15, 0.2) is 6.10 Å². The summed E-state index contributed by atoms with van der Waals surface area (Å²) in [5.74, 6) is -2.68. The summed E-state index contributed by atoms with van der Waals surface area (Å²) in [4.78, 5) is 0. The van der Waals surface area contributed by atoms with E-state index in [2.05, 4.69) is 0 Å². The van der Waals surface area contributed by atoms with Crippen LogP contribution in [-0.4, -0.2) is 17.4 Å². The number of rotatable bonds is 2. The molecule has 17 heavy (non-hydrogen) atoms. The number of nitrogens with two attached hydrogens (primary N) is 1. The average Bonchev–Trinajstić information content (AvgIpc) is 2.13. The second-order valence-electron chi connectivity index (χ2n) is 3.30. The predicted molar refractivity (Wildman–Crippen MR) is 50.4 cm³/mol. The molecule has 0 radical (unpaired) electrons. The van der Waals surface area contributed by atoms with Crippen LogP contribution in [0.1, 0.15) is 11.6 Å². The molecule has 0 saturated heterocycles. The summed E-state index contributed by atoms with van der Waals surface area (Å²) in [6, 6.07) is -1.03. The van der Waals surface area contributed by atoms with Gasteiger partial charge in [-0.1, -0.05) is 11.6 Å². The van der Waals surface area contributed by atoms with Crippen molar-refractivity contribution in [3.05, 3.63) is 34.4 Å². The summed E-state index contributed by atoms with van der Waals surface area (Å²) in [6.07, 6.45) is -8.13. The number of hydrogen-bond acceptors (Lipinski definition) is 2. The molecular formula is C9H7ClF5NO. The molecule has 1 aromatic carbocycles. The minimum atomic E-state index is -5.07. The van der Waals surface area contributed by atoms with Crippen molar-refractivity contribution in [2.75, 3.05) is 0 Å².